The van der Waals surface area contributed by atoms with Crippen LogP contribution in [0.4, 0.5) is 0 Å². The van der Waals surface area contributed by atoms with E-state index in [4.69, 9.17) is 0 Å². The molecular weight excluding hydrogens is 152 g/mol. The van der Waals surface area contributed by atoms with Crippen LogP contribution >= 0.6 is 0 Å². The van der Waals surface area contributed by atoms with E-state index in [1.54, 1.807) is 6.92 Å². The first-order chi connectivity index (χ1) is 5.65. The minimum atomic E-state index is -0.303. The standard InChI is InChI=1S/C9H16N2O/c1-4-9-5-10-8(3)11(9)6-7(2)12/h5,7,12H,4,6H2,1-3H3. The van der Waals surface area contributed by atoms with Crippen LogP contribution in [0.15, 0.2) is 6.20 Å². The molecule has 1 N–H and O–H groups in total. The van der Waals surface area contributed by atoms with Gasteiger partial charge >= 0.3 is 0 Å². The minimum Gasteiger partial charge on any atom is -0.392 e. The summed E-state index contributed by atoms with van der Waals surface area (Å²) in [5.41, 5.74) is 1.19. The smallest absolute Gasteiger partial charge is 0.105 e. The Morgan fingerprint density at radius 3 is 2.83 bits per heavy atom. The predicted octanol–water partition coefficient (Wildman–Crippen LogP) is 1.13. The van der Waals surface area contributed by atoms with Gasteiger partial charge in [0.25, 0.3) is 0 Å². The highest BCUT2D eigenvalue weighted by molar-refractivity contribution is 5.04. The second kappa shape index (κ2) is 3.72. The maximum atomic E-state index is 9.22. The zero-order chi connectivity index (χ0) is 9.14. The number of aliphatic hydroxyl groups excluding tert-OH is 1. The summed E-state index contributed by atoms with van der Waals surface area (Å²) in [6.07, 6.45) is 2.54. The second-order valence-corrected chi connectivity index (χ2v) is 3.11. The number of aryl methyl sites for hydroxylation is 2. The van der Waals surface area contributed by atoms with Crippen molar-refractivity contribution in [3.8, 4) is 0 Å². The van der Waals surface area contributed by atoms with Crippen molar-refractivity contribution in [1.82, 2.24) is 9.55 Å². The predicted molar refractivity (Wildman–Crippen MR) is 48.0 cm³/mol. The molecule has 3 nitrogen and oxygen atoms in total. The highest BCUT2D eigenvalue weighted by Crippen LogP contribution is 2.06. The first kappa shape index (κ1) is 9.26. The number of aliphatic hydroxyl groups is 1. The fourth-order valence-corrected chi connectivity index (χ4v) is 1.31. The molecular formula is C9H16N2O. The lowest BCUT2D eigenvalue weighted by Crippen LogP contribution is -2.14. The third-order valence-corrected chi connectivity index (χ3v) is 1.95. The van der Waals surface area contributed by atoms with E-state index in [9.17, 15) is 5.11 Å². The van der Waals surface area contributed by atoms with E-state index >= 15 is 0 Å². The van der Waals surface area contributed by atoms with Crippen LogP contribution in [0.2, 0.25) is 0 Å². The monoisotopic (exact) mass is 168 g/mol. The molecule has 3 heteroatoms. The first-order valence-corrected chi connectivity index (χ1v) is 4.34. The zero-order valence-corrected chi connectivity index (χ0v) is 7.91. The van der Waals surface area contributed by atoms with Gasteiger partial charge in [-0.1, -0.05) is 6.92 Å². The van der Waals surface area contributed by atoms with Gasteiger partial charge in [-0.2, -0.15) is 0 Å². The Labute approximate surface area is 73.1 Å². The van der Waals surface area contributed by atoms with Crippen LogP contribution in [0, 0.1) is 6.92 Å². The molecule has 0 radical (unpaired) electrons. The molecule has 1 aromatic heterocycles. The van der Waals surface area contributed by atoms with Crippen LogP contribution in [0.1, 0.15) is 25.4 Å². The van der Waals surface area contributed by atoms with Crippen LogP contribution in [-0.2, 0) is 13.0 Å². The number of imidazole rings is 1. The Balaban J connectivity index is 2.86. The molecule has 12 heavy (non-hydrogen) atoms. The Bertz CT molecular complexity index is 253. The average molecular weight is 168 g/mol. The van der Waals surface area contributed by atoms with Crippen molar-refractivity contribution in [3.63, 3.8) is 0 Å². The van der Waals surface area contributed by atoms with Gasteiger partial charge in [-0.25, -0.2) is 4.98 Å². The third kappa shape index (κ3) is 1.85. The molecule has 0 aliphatic heterocycles. The van der Waals surface area contributed by atoms with Crippen LogP contribution in [0.3, 0.4) is 0 Å². The molecule has 1 atom stereocenters. The molecule has 0 bridgehead atoms. The molecule has 0 amide bonds. The molecule has 0 fully saturated rings. The highest BCUT2D eigenvalue weighted by atomic mass is 16.3. The largest absolute Gasteiger partial charge is 0.392 e. The topological polar surface area (TPSA) is 38.0 Å². The maximum absolute atomic E-state index is 9.22. The molecule has 0 saturated heterocycles. The lowest BCUT2D eigenvalue weighted by molar-refractivity contribution is 0.171. The Hall–Kier alpha value is -0.830. The van der Waals surface area contributed by atoms with Gasteiger partial charge in [0.1, 0.15) is 5.82 Å². The number of nitrogens with zero attached hydrogens (tertiary/aromatic N) is 2. The van der Waals surface area contributed by atoms with Crippen LogP contribution in [0.25, 0.3) is 0 Å². The van der Waals surface area contributed by atoms with Crippen molar-refractivity contribution in [2.45, 2.75) is 39.8 Å². The van der Waals surface area contributed by atoms with Crippen LogP contribution in [-0.4, -0.2) is 20.8 Å². The SMILES string of the molecule is CCc1cnc(C)n1CC(C)O. The number of hydrogen-bond donors (Lipinski definition) is 1. The highest BCUT2D eigenvalue weighted by Gasteiger charge is 2.06. The Kier molecular flexibility index (Phi) is 2.87. The van der Waals surface area contributed by atoms with E-state index in [1.165, 1.54) is 5.69 Å². The van der Waals surface area contributed by atoms with Gasteiger partial charge in [0.05, 0.1) is 6.10 Å². The average Bonchev–Trinajstić information content (AvgIpc) is 2.32. The van der Waals surface area contributed by atoms with E-state index in [2.05, 4.69) is 16.5 Å². The van der Waals surface area contributed by atoms with Crippen molar-refractivity contribution < 1.29 is 5.11 Å². The normalized spacial score (nSPS) is 13.3. The number of aromatic nitrogens is 2. The van der Waals surface area contributed by atoms with E-state index in [-0.39, 0.29) is 6.10 Å². The summed E-state index contributed by atoms with van der Waals surface area (Å²) in [5, 5.41) is 9.22. The molecule has 0 aliphatic rings. The molecule has 1 unspecified atom stereocenters. The van der Waals surface area contributed by atoms with E-state index in [1.807, 2.05) is 13.1 Å². The Morgan fingerprint density at radius 1 is 1.67 bits per heavy atom. The first-order valence-electron chi connectivity index (χ1n) is 4.34. The van der Waals surface area contributed by atoms with Crippen molar-refractivity contribution in [3.05, 3.63) is 17.7 Å². The van der Waals surface area contributed by atoms with Gasteiger partial charge in [0.15, 0.2) is 0 Å². The molecule has 1 aromatic rings. The summed E-state index contributed by atoms with van der Waals surface area (Å²) in [5.74, 6) is 0.979. The summed E-state index contributed by atoms with van der Waals surface area (Å²) < 4.78 is 2.06. The van der Waals surface area contributed by atoms with E-state index in [0.717, 1.165) is 12.2 Å². The van der Waals surface area contributed by atoms with Gasteiger partial charge in [-0.15, -0.1) is 0 Å². The lowest BCUT2D eigenvalue weighted by atomic mass is 10.3. The lowest BCUT2D eigenvalue weighted by Gasteiger charge is -2.10. The van der Waals surface area contributed by atoms with Crippen molar-refractivity contribution >= 4 is 0 Å². The number of rotatable bonds is 3. The van der Waals surface area contributed by atoms with E-state index < -0.39 is 0 Å². The summed E-state index contributed by atoms with van der Waals surface area (Å²) in [4.78, 5) is 4.19. The molecule has 68 valence electrons. The van der Waals surface area contributed by atoms with Gasteiger partial charge in [-0.05, 0) is 20.3 Å². The molecule has 0 spiro atoms. The molecule has 0 aromatic carbocycles. The van der Waals surface area contributed by atoms with Crippen LogP contribution in [0.5, 0.6) is 0 Å². The zero-order valence-electron chi connectivity index (χ0n) is 7.91. The van der Waals surface area contributed by atoms with Crippen molar-refractivity contribution in [1.29, 1.82) is 0 Å². The third-order valence-electron chi connectivity index (χ3n) is 1.95. The minimum absolute atomic E-state index is 0.303. The summed E-state index contributed by atoms with van der Waals surface area (Å²) >= 11 is 0. The molecule has 0 aliphatic carbocycles. The maximum Gasteiger partial charge on any atom is 0.105 e. The van der Waals surface area contributed by atoms with Crippen LogP contribution < -0.4 is 0 Å². The van der Waals surface area contributed by atoms with Crippen molar-refractivity contribution in [2.24, 2.45) is 0 Å². The fraction of sp³-hybridized carbons (Fsp3) is 0.667. The van der Waals surface area contributed by atoms with Gasteiger partial charge < -0.3 is 9.67 Å². The Morgan fingerprint density at radius 2 is 2.33 bits per heavy atom. The molecule has 1 rings (SSSR count). The van der Waals surface area contributed by atoms with Gasteiger partial charge in [0, 0.05) is 18.4 Å². The van der Waals surface area contributed by atoms with Crippen molar-refractivity contribution in [2.75, 3.05) is 0 Å². The summed E-state index contributed by atoms with van der Waals surface area (Å²) in [6.45, 7) is 6.49. The molecule has 0 saturated carbocycles. The van der Waals surface area contributed by atoms with Gasteiger partial charge in [-0.3, -0.25) is 0 Å². The number of hydrogen-bond acceptors (Lipinski definition) is 2. The second-order valence-electron chi connectivity index (χ2n) is 3.11. The fourth-order valence-electron chi connectivity index (χ4n) is 1.31. The summed E-state index contributed by atoms with van der Waals surface area (Å²) in [7, 11) is 0. The van der Waals surface area contributed by atoms with Gasteiger partial charge in [0.2, 0.25) is 0 Å². The quantitative estimate of drug-likeness (QED) is 0.734. The van der Waals surface area contributed by atoms with E-state index in [0.29, 0.717) is 6.54 Å². The summed E-state index contributed by atoms with van der Waals surface area (Å²) in [6, 6.07) is 0. The molecule has 1 heterocycles.